The average Bonchev–Trinajstić information content (AvgIpc) is 3.15. The summed E-state index contributed by atoms with van der Waals surface area (Å²) in [5.41, 5.74) is -0.118. The van der Waals surface area contributed by atoms with Crippen LogP contribution in [-0.4, -0.2) is 51.0 Å². The Morgan fingerprint density at radius 1 is 1.09 bits per heavy atom. The van der Waals surface area contributed by atoms with Crippen LogP contribution in [-0.2, 0) is 4.79 Å². The van der Waals surface area contributed by atoms with E-state index in [-0.39, 0.29) is 37.8 Å². The quantitative estimate of drug-likeness (QED) is 0.415. The number of carbonyl (C=O) groups excluding carboxylic acids is 3. The van der Waals surface area contributed by atoms with E-state index in [1.165, 1.54) is 40.9 Å². The van der Waals surface area contributed by atoms with Crippen LogP contribution in [0.3, 0.4) is 0 Å². The Kier molecular flexibility index (Phi) is 7.79. The van der Waals surface area contributed by atoms with E-state index in [0.717, 1.165) is 4.90 Å². The van der Waals surface area contributed by atoms with Crippen LogP contribution in [0.5, 0.6) is 0 Å². The van der Waals surface area contributed by atoms with Gasteiger partial charge in [-0.3, -0.25) is 14.4 Å². The lowest BCUT2D eigenvalue weighted by Gasteiger charge is -2.25. The van der Waals surface area contributed by atoms with E-state index < -0.39 is 17.7 Å². The van der Waals surface area contributed by atoms with Gasteiger partial charge in [-0.05, 0) is 47.1 Å². The average molecular weight is 574 g/mol. The fraction of sp³-hybridized carbons (Fsp3) is 0.190. The molecule has 172 valence electrons. The summed E-state index contributed by atoms with van der Waals surface area (Å²) in [4.78, 5) is 45.9. The van der Waals surface area contributed by atoms with Crippen LogP contribution in [0.15, 0.2) is 41.1 Å². The summed E-state index contributed by atoms with van der Waals surface area (Å²) in [6.07, 6.45) is 1.49. The molecule has 0 unspecified atom stereocenters. The van der Waals surface area contributed by atoms with E-state index in [1.54, 1.807) is 26.1 Å². The molecule has 0 saturated heterocycles. The third kappa shape index (κ3) is 5.06. The highest BCUT2D eigenvalue weighted by atomic mass is 79.9. The Hall–Kier alpha value is -2.46. The van der Waals surface area contributed by atoms with Crippen molar-refractivity contribution in [3.63, 3.8) is 0 Å². The van der Waals surface area contributed by atoms with Gasteiger partial charge in [0.05, 0.1) is 21.3 Å². The summed E-state index contributed by atoms with van der Waals surface area (Å²) in [5.74, 6) is -1.74. The third-order valence-corrected chi connectivity index (χ3v) is 5.85. The molecule has 8 nitrogen and oxygen atoms in total. The van der Waals surface area contributed by atoms with Gasteiger partial charge in [0.2, 0.25) is 5.91 Å². The Morgan fingerprint density at radius 3 is 2.39 bits per heavy atom. The number of pyridine rings is 1. The fourth-order valence-corrected chi connectivity index (χ4v) is 4.18. The highest BCUT2D eigenvalue weighted by molar-refractivity contribution is 9.10. The number of benzene rings is 1. The van der Waals surface area contributed by atoms with Crippen LogP contribution in [0.25, 0.3) is 5.82 Å². The molecule has 0 aliphatic rings. The highest BCUT2D eigenvalue weighted by Crippen LogP contribution is 2.36. The number of nitrogens with zero attached hydrogens (tertiary/aromatic N) is 5. The van der Waals surface area contributed by atoms with Gasteiger partial charge in [0.1, 0.15) is 10.3 Å². The van der Waals surface area contributed by atoms with Crippen LogP contribution >= 0.6 is 50.7 Å². The number of anilines is 1. The van der Waals surface area contributed by atoms with Crippen molar-refractivity contribution < 1.29 is 14.4 Å². The van der Waals surface area contributed by atoms with Crippen molar-refractivity contribution in [2.45, 2.75) is 13.8 Å². The van der Waals surface area contributed by atoms with Crippen LogP contribution in [0.2, 0.25) is 15.1 Å². The normalized spacial score (nSPS) is 10.8. The molecule has 0 aliphatic heterocycles. The summed E-state index contributed by atoms with van der Waals surface area (Å²) in [7, 11) is 1.58. The SMILES string of the molecule is CCN(C)C(=O)c1cc(Cl)cc(Cl)c1N(C(C)=O)C(=O)c1cc(Br)nn1-c1ncccc1Cl. The van der Waals surface area contributed by atoms with Gasteiger partial charge in [-0.15, -0.1) is 0 Å². The number of halogens is 4. The van der Waals surface area contributed by atoms with Gasteiger partial charge in [0.15, 0.2) is 5.82 Å². The van der Waals surface area contributed by atoms with Crippen molar-refractivity contribution in [1.29, 1.82) is 0 Å². The smallest absolute Gasteiger partial charge is 0.283 e. The number of rotatable bonds is 5. The van der Waals surface area contributed by atoms with Gasteiger partial charge in [0.25, 0.3) is 11.8 Å². The Balaban J connectivity index is 2.23. The minimum Gasteiger partial charge on any atom is -0.342 e. The maximum atomic E-state index is 13.7. The van der Waals surface area contributed by atoms with Crippen LogP contribution in [0.1, 0.15) is 34.7 Å². The summed E-state index contributed by atoms with van der Waals surface area (Å²) < 4.78 is 1.51. The van der Waals surface area contributed by atoms with Crippen LogP contribution in [0, 0.1) is 0 Å². The molecule has 2 aromatic heterocycles. The molecule has 3 aromatic rings. The van der Waals surface area contributed by atoms with Crippen molar-refractivity contribution >= 4 is 74.1 Å². The predicted molar refractivity (Wildman–Crippen MR) is 131 cm³/mol. The van der Waals surface area contributed by atoms with Crippen molar-refractivity contribution in [3.05, 3.63) is 67.5 Å². The first-order chi connectivity index (χ1) is 15.6. The summed E-state index contributed by atoms with van der Waals surface area (Å²) in [6, 6.07) is 7.34. The standard InChI is InChI=1S/C21H17BrCl3N5O3/c1-4-28(3)20(32)13-8-12(23)9-15(25)18(13)29(11(2)31)21(33)16-10-17(22)27-30(16)19-14(24)6-5-7-26-19/h5-10H,4H2,1-3H3. The van der Waals surface area contributed by atoms with Gasteiger partial charge in [-0.25, -0.2) is 14.6 Å². The highest BCUT2D eigenvalue weighted by Gasteiger charge is 2.32. The number of hydrogen-bond acceptors (Lipinski definition) is 5. The van der Waals surface area contributed by atoms with E-state index in [1.807, 2.05) is 0 Å². The largest absolute Gasteiger partial charge is 0.342 e. The molecule has 1 aromatic carbocycles. The first-order valence-corrected chi connectivity index (χ1v) is 11.5. The van der Waals surface area contributed by atoms with E-state index >= 15 is 0 Å². The second-order valence-corrected chi connectivity index (χ2v) is 8.90. The minimum atomic E-state index is -0.792. The lowest BCUT2D eigenvalue weighted by Crippen LogP contribution is -2.39. The fourth-order valence-electron chi connectivity index (χ4n) is 3.02. The molecule has 0 N–H and O–H groups in total. The maximum absolute atomic E-state index is 13.7. The first kappa shape index (κ1) is 25.2. The number of carbonyl (C=O) groups is 3. The topological polar surface area (TPSA) is 88.4 Å². The van der Waals surface area contributed by atoms with Crippen LogP contribution in [0.4, 0.5) is 5.69 Å². The zero-order valence-electron chi connectivity index (χ0n) is 17.6. The zero-order chi connectivity index (χ0) is 24.4. The van der Waals surface area contributed by atoms with E-state index in [2.05, 4.69) is 26.0 Å². The van der Waals surface area contributed by atoms with Crippen molar-refractivity contribution in [2.75, 3.05) is 18.5 Å². The number of imide groups is 1. The third-order valence-electron chi connectivity index (χ3n) is 4.66. The molecule has 0 spiro atoms. The molecule has 0 saturated carbocycles. The lowest BCUT2D eigenvalue weighted by molar-refractivity contribution is -0.115. The number of aromatic nitrogens is 3. The van der Waals surface area contributed by atoms with Gasteiger partial charge in [0, 0.05) is 37.8 Å². The Labute approximate surface area is 213 Å². The molecular formula is C21H17BrCl3N5O3. The molecule has 0 radical (unpaired) electrons. The van der Waals surface area contributed by atoms with E-state index in [4.69, 9.17) is 34.8 Å². The molecule has 2 heterocycles. The number of hydrogen-bond donors (Lipinski definition) is 0. The summed E-state index contributed by atoms with van der Waals surface area (Å²) in [5, 5.41) is 4.61. The van der Waals surface area contributed by atoms with Gasteiger partial charge in [-0.2, -0.15) is 5.10 Å². The molecule has 0 atom stereocenters. The van der Waals surface area contributed by atoms with Crippen molar-refractivity contribution in [2.24, 2.45) is 0 Å². The molecule has 3 rings (SSSR count). The molecule has 0 bridgehead atoms. The Bertz CT molecular complexity index is 1260. The van der Waals surface area contributed by atoms with Crippen LogP contribution < -0.4 is 4.90 Å². The summed E-state index contributed by atoms with van der Waals surface area (Å²) >= 11 is 22.0. The lowest BCUT2D eigenvalue weighted by atomic mass is 10.1. The van der Waals surface area contributed by atoms with E-state index in [9.17, 15) is 14.4 Å². The molecular weight excluding hydrogens is 557 g/mol. The van der Waals surface area contributed by atoms with Gasteiger partial charge >= 0.3 is 0 Å². The minimum absolute atomic E-state index is 0.00130. The second-order valence-electron chi connectivity index (χ2n) is 6.84. The zero-order valence-corrected chi connectivity index (χ0v) is 21.5. The summed E-state index contributed by atoms with van der Waals surface area (Å²) in [6.45, 7) is 3.35. The molecule has 33 heavy (non-hydrogen) atoms. The van der Waals surface area contributed by atoms with Gasteiger partial charge in [-0.1, -0.05) is 34.8 Å². The molecule has 3 amide bonds. The Morgan fingerprint density at radius 2 is 1.79 bits per heavy atom. The number of amides is 3. The predicted octanol–water partition coefficient (Wildman–Crippen LogP) is 5.28. The molecule has 12 heteroatoms. The monoisotopic (exact) mass is 571 g/mol. The first-order valence-electron chi connectivity index (χ1n) is 9.52. The van der Waals surface area contributed by atoms with Crippen molar-refractivity contribution in [3.8, 4) is 5.82 Å². The maximum Gasteiger partial charge on any atom is 0.283 e. The van der Waals surface area contributed by atoms with Gasteiger partial charge < -0.3 is 4.90 Å². The molecule has 0 aliphatic carbocycles. The van der Waals surface area contributed by atoms with Crippen molar-refractivity contribution in [1.82, 2.24) is 19.7 Å². The second kappa shape index (κ2) is 10.2. The molecule has 0 fully saturated rings. The van der Waals surface area contributed by atoms with E-state index in [0.29, 0.717) is 11.1 Å².